The van der Waals surface area contributed by atoms with Crippen molar-refractivity contribution < 1.29 is 9.18 Å². The highest BCUT2D eigenvalue weighted by molar-refractivity contribution is 5.95. The molecule has 1 saturated heterocycles. The van der Waals surface area contributed by atoms with Gasteiger partial charge < -0.3 is 10.6 Å². The number of hydrogen-bond donors (Lipinski definition) is 2. The maximum absolute atomic E-state index is 13.2. The summed E-state index contributed by atoms with van der Waals surface area (Å²) in [5.41, 5.74) is 1.22. The minimum Gasteiger partial charge on any atom is -0.348 e. The maximum atomic E-state index is 13.2. The molecule has 18 heavy (non-hydrogen) atoms. The lowest BCUT2D eigenvalue weighted by Crippen LogP contribution is -2.52. The number of carbonyl (C=O) groups excluding carboxylic acids is 1. The molecule has 2 atom stereocenters. The zero-order valence-corrected chi connectivity index (χ0v) is 10.8. The van der Waals surface area contributed by atoms with Crippen LogP contribution in [0.3, 0.4) is 0 Å². The molecule has 0 bridgehead atoms. The number of benzene rings is 1. The van der Waals surface area contributed by atoms with Crippen LogP contribution < -0.4 is 10.6 Å². The third-order valence-corrected chi connectivity index (χ3v) is 3.52. The van der Waals surface area contributed by atoms with Crippen molar-refractivity contribution in [2.75, 3.05) is 6.54 Å². The normalized spacial score (nSPS) is 23.7. The zero-order chi connectivity index (χ0) is 13.1. The van der Waals surface area contributed by atoms with E-state index in [-0.39, 0.29) is 23.8 Å². The van der Waals surface area contributed by atoms with Crippen LogP contribution in [0.15, 0.2) is 18.2 Å². The van der Waals surface area contributed by atoms with Crippen LogP contribution in [0.4, 0.5) is 4.39 Å². The Labute approximate surface area is 107 Å². The first-order valence-electron chi connectivity index (χ1n) is 6.38. The second-order valence-electron chi connectivity index (χ2n) is 4.92. The predicted octanol–water partition coefficient (Wildman–Crippen LogP) is 2.00. The van der Waals surface area contributed by atoms with E-state index in [0.717, 1.165) is 24.9 Å². The maximum Gasteiger partial charge on any atom is 0.251 e. The molecule has 4 heteroatoms. The van der Waals surface area contributed by atoms with Crippen molar-refractivity contribution in [1.82, 2.24) is 10.6 Å². The van der Waals surface area contributed by atoms with Crippen LogP contribution in [-0.4, -0.2) is 24.5 Å². The van der Waals surface area contributed by atoms with Gasteiger partial charge in [0, 0.05) is 17.6 Å². The molecule has 1 aliphatic rings. The van der Waals surface area contributed by atoms with E-state index in [1.807, 2.05) is 6.92 Å². The molecule has 0 spiro atoms. The SMILES string of the molecule is Cc1ccc(F)cc1C(=O)N[C@H]1CCCN[C@@H]1C. The smallest absolute Gasteiger partial charge is 0.251 e. The Kier molecular flexibility index (Phi) is 3.97. The molecule has 2 rings (SSSR count). The van der Waals surface area contributed by atoms with E-state index in [2.05, 4.69) is 17.6 Å². The number of aryl methyl sites for hydroxylation is 1. The van der Waals surface area contributed by atoms with E-state index in [1.54, 1.807) is 6.07 Å². The molecular weight excluding hydrogens is 231 g/mol. The van der Waals surface area contributed by atoms with Crippen molar-refractivity contribution in [3.05, 3.63) is 35.1 Å². The molecular formula is C14H19FN2O. The minimum atomic E-state index is -0.374. The monoisotopic (exact) mass is 250 g/mol. The van der Waals surface area contributed by atoms with Crippen LogP contribution >= 0.6 is 0 Å². The van der Waals surface area contributed by atoms with Gasteiger partial charge in [-0.2, -0.15) is 0 Å². The molecule has 2 N–H and O–H groups in total. The van der Waals surface area contributed by atoms with Crippen molar-refractivity contribution in [2.45, 2.75) is 38.8 Å². The fourth-order valence-corrected chi connectivity index (χ4v) is 2.33. The van der Waals surface area contributed by atoms with Crippen LogP contribution in [-0.2, 0) is 0 Å². The van der Waals surface area contributed by atoms with E-state index in [1.165, 1.54) is 12.1 Å². The van der Waals surface area contributed by atoms with E-state index >= 15 is 0 Å². The Morgan fingerprint density at radius 3 is 3.00 bits per heavy atom. The largest absolute Gasteiger partial charge is 0.348 e. The number of amides is 1. The molecule has 1 fully saturated rings. The van der Waals surface area contributed by atoms with Crippen LogP contribution in [0.25, 0.3) is 0 Å². The van der Waals surface area contributed by atoms with Gasteiger partial charge in [0.1, 0.15) is 5.82 Å². The standard InChI is InChI=1S/C14H19FN2O/c1-9-5-6-11(15)8-12(9)14(18)17-13-4-3-7-16-10(13)2/h5-6,8,10,13,16H,3-4,7H2,1-2H3,(H,17,18)/t10-,13+/m1/s1. The average Bonchev–Trinajstić information content (AvgIpc) is 2.35. The molecule has 0 aromatic heterocycles. The first-order chi connectivity index (χ1) is 8.58. The van der Waals surface area contributed by atoms with Crippen LogP contribution in [0, 0.1) is 12.7 Å². The van der Waals surface area contributed by atoms with E-state index in [9.17, 15) is 9.18 Å². The third-order valence-electron chi connectivity index (χ3n) is 3.52. The first-order valence-corrected chi connectivity index (χ1v) is 6.38. The molecule has 1 aromatic rings. The second kappa shape index (κ2) is 5.48. The lowest BCUT2D eigenvalue weighted by atomic mass is 9.99. The van der Waals surface area contributed by atoms with Gasteiger partial charge in [-0.05, 0) is 50.9 Å². The highest BCUT2D eigenvalue weighted by Gasteiger charge is 2.23. The Hall–Kier alpha value is -1.42. The zero-order valence-electron chi connectivity index (χ0n) is 10.8. The molecule has 1 aromatic carbocycles. The molecule has 0 radical (unpaired) electrons. The number of rotatable bonds is 2. The van der Waals surface area contributed by atoms with Gasteiger partial charge in [-0.25, -0.2) is 4.39 Å². The summed E-state index contributed by atoms with van der Waals surface area (Å²) in [6, 6.07) is 4.68. The summed E-state index contributed by atoms with van der Waals surface area (Å²) in [6.45, 7) is 4.87. The summed E-state index contributed by atoms with van der Waals surface area (Å²) in [6.07, 6.45) is 2.02. The van der Waals surface area contributed by atoms with Gasteiger partial charge in [-0.3, -0.25) is 4.79 Å². The summed E-state index contributed by atoms with van der Waals surface area (Å²) in [7, 11) is 0. The summed E-state index contributed by atoms with van der Waals surface area (Å²) < 4.78 is 13.2. The third kappa shape index (κ3) is 2.88. The molecule has 0 unspecified atom stereocenters. The Morgan fingerprint density at radius 2 is 2.28 bits per heavy atom. The minimum absolute atomic E-state index is 0.119. The van der Waals surface area contributed by atoms with Gasteiger partial charge in [0.2, 0.25) is 0 Å². The summed E-state index contributed by atoms with van der Waals surface area (Å²) in [5, 5.41) is 6.31. The van der Waals surface area contributed by atoms with Crippen molar-refractivity contribution in [1.29, 1.82) is 0 Å². The fourth-order valence-electron chi connectivity index (χ4n) is 2.33. The lowest BCUT2D eigenvalue weighted by molar-refractivity contribution is 0.0919. The van der Waals surface area contributed by atoms with Crippen molar-refractivity contribution in [3.8, 4) is 0 Å². The number of nitrogens with one attached hydrogen (secondary N) is 2. The highest BCUT2D eigenvalue weighted by Crippen LogP contribution is 2.13. The summed E-state index contributed by atoms with van der Waals surface area (Å²) >= 11 is 0. The Balaban J connectivity index is 2.09. The number of halogens is 1. The second-order valence-corrected chi connectivity index (χ2v) is 4.92. The van der Waals surface area contributed by atoms with Crippen LogP contribution in [0.2, 0.25) is 0 Å². The molecule has 1 amide bonds. The molecule has 3 nitrogen and oxygen atoms in total. The highest BCUT2D eigenvalue weighted by atomic mass is 19.1. The van der Waals surface area contributed by atoms with Gasteiger partial charge in [0.25, 0.3) is 5.91 Å². The predicted molar refractivity (Wildman–Crippen MR) is 69.1 cm³/mol. The van der Waals surface area contributed by atoms with Gasteiger partial charge >= 0.3 is 0 Å². The molecule has 1 heterocycles. The van der Waals surface area contributed by atoms with Crippen LogP contribution in [0.1, 0.15) is 35.7 Å². The van der Waals surface area contributed by atoms with Crippen LogP contribution in [0.5, 0.6) is 0 Å². The summed E-state index contributed by atoms with van der Waals surface area (Å²) in [4.78, 5) is 12.1. The van der Waals surface area contributed by atoms with E-state index < -0.39 is 0 Å². The summed E-state index contributed by atoms with van der Waals surface area (Å²) in [5.74, 6) is -0.562. The topological polar surface area (TPSA) is 41.1 Å². The van der Waals surface area contributed by atoms with Crippen molar-refractivity contribution >= 4 is 5.91 Å². The molecule has 98 valence electrons. The molecule has 0 saturated carbocycles. The van der Waals surface area contributed by atoms with Crippen molar-refractivity contribution in [3.63, 3.8) is 0 Å². The van der Waals surface area contributed by atoms with Gasteiger partial charge in [-0.15, -0.1) is 0 Å². The number of hydrogen-bond acceptors (Lipinski definition) is 2. The van der Waals surface area contributed by atoms with E-state index in [4.69, 9.17) is 0 Å². The Bertz CT molecular complexity index is 447. The van der Waals surface area contributed by atoms with Gasteiger partial charge in [-0.1, -0.05) is 6.07 Å². The Morgan fingerprint density at radius 1 is 1.50 bits per heavy atom. The first kappa shape index (κ1) is 13.0. The fraction of sp³-hybridized carbons (Fsp3) is 0.500. The number of piperidine rings is 1. The molecule has 1 aliphatic heterocycles. The average molecular weight is 250 g/mol. The van der Waals surface area contributed by atoms with Gasteiger partial charge in [0.05, 0.1) is 0 Å². The number of carbonyl (C=O) groups is 1. The molecule has 0 aliphatic carbocycles. The van der Waals surface area contributed by atoms with E-state index in [0.29, 0.717) is 5.56 Å². The lowest BCUT2D eigenvalue weighted by Gasteiger charge is -2.30. The quantitative estimate of drug-likeness (QED) is 0.843. The van der Waals surface area contributed by atoms with Gasteiger partial charge in [0.15, 0.2) is 0 Å². The van der Waals surface area contributed by atoms with Crippen molar-refractivity contribution in [2.24, 2.45) is 0 Å².